The van der Waals surface area contributed by atoms with Crippen LogP contribution in [0.5, 0.6) is 0 Å². The van der Waals surface area contributed by atoms with Gasteiger partial charge in [-0.05, 0) is 5.41 Å². The molecule has 0 aromatic carbocycles. The van der Waals surface area contributed by atoms with Crippen molar-refractivity contribution in [3.8, 4) is 0 Å². The summed E-state index contributed by atoms with van der Waals surface area (Å²) in [5, 5.41) is 12.2. The minimum absolute atomic E-state index is 0.0116. The van der Waals surface area contributed by atoms with Gasteiger partial charge in [0.2, 0.25) is 0 Å². The average molecular weight is 258 g/mol. The molecule has 0 bridgehead atoms. The van der Waals surface area contributed by atoms with Gasteiger partial charge < -0.3 is 10.4 Å². The van der Waals surface area contributed by atoms with E-state index in [2.05, 4.69) is 15.3 Å². The van der Waals surface area contributed by atoms with Gasteiger partial charge >= 0.3 is 5.97 Å². The average Bonchev–Trinajstić information content (AvgIpc) is 2.14. The van der Waals surface area contributed by atoms with Crippen molar-refractivity contribution < 1.29 is 9.90 Å². The van der Waals surface area contributed by atoms with Crippen LogP contribution in [0.1, 0.15) is 27.2 Å². The van der Waals surface area contributed by atoms with E-state index in [1.807, 2.05) is 20.8 Å². The Morgan fingerprint density at radius 3 is 2.65 bits per heavy atom. The van der Waals surface area contributed by atoms with E-state index in [4.69, 9.17) is 16.7 Å². The van der Waals surface area contributed by atoms with Crippen molar-refractivity contribution in [1.29, 1.82) is 0 Å². The number of hydrogen-bond acceptors (Lipinski definition) is 4. The van der Waals surface area contributed by atoms with Crippen LogP contribution in [0.25, 0.3) is 0 Å². The molecule has 0 saturated carbocycles. The maximum Gasteiger partial charge on any atom is 0.305 e. The minimum Gasteiger partial charge on any atom is -0.481 e. The van der Waals surface area contributed by atoms with Crippen LogP contribution >= 0.6 is 11.6 Å². The Labute approximate surface area is 105 Å². The Kier molecular flexibility index (Phi) is 4.28. The maximum atomic E-state index is 10.8. The molecular weight excluding hydrogens is 242 g/mol. The molecule has 2 N–H and O–H groups in total. The summed E-state index contributed by atoms with van der Waals surface area (Å²) in [6, 6.07) is -0.243. The highest BCUT2D eigenvalue weighted by Crippen LogP contribution is 2.25. The summed E-state index contributed by atoms with van der Waals surface area (Å²) >= 11 is 5.72. The summed E-state index contributed by atoms with van der Waals surface area (Å²) in [6.45, 7) is 5.89. The van der Waals surface area contributed by atoms with Crippen LogP contribution in [0, 0.1) is 5.41 Å². The van der Waals surface area contributed by atoms with Crippen LogP contribution in [0.3, 0.4) is 0 Å². The van der Waals surface area contributed by atoms with E-state index in [0.29, 0.717) is 5.82 Å². The van der Waals surface area contributed by atoms with Crippen LogP contribution in [0.2, 0.25) is 5.15 Å². The highest BCUT2D eigenvalue weighted by molar-refractivity contribution is 6.29. The second kappa shape index (κ2) is 5.31. The molecule has 0 saturated heterocycles. The molecule has 0 aliphatic rings. The standard InChI is InChI=1S/C11H16ClN3O2/c1-11(2,3)7(4-10(16)17)14-9-6-13-5-8(12)15-9/h5-7H,4H2,1-3H3,(H,14,15)(H,16,17). The Hall–Kier alpha value is -1.36. The number of anilines is 1. The Morgan fingerprint density at radius 1 is 1.53 bits per heavy atom. The van der Waals surface area contributed by atoms with Crippen molar-refractivity contribution in [3.05, 3.63) is 17.5 Å². The summed E-state index contributed by atoms with van der Waals surface area (Å²) in [5.74, 6) is -0.369. The first-order valence-electron chi connectivity index (χ1n) is 5.25. The zero-order chi connectivity index (χ0) is 13.1. The molecule has 0 aliphatic carbocycles. The predicted octanol–water partition coefficient (Wildman–Crippen LogP) is 2.43. The fourth-order valence-corrected chi connectivity index (χ4v) is 1.49. The Balaban J connectivity index is 2.83. The lowest BCUT2D eigenvalue weighted by Crippen LogP contribution is -2.36. The molecule has 5 nitrogen and oxygen atoms in total. The van der Waals surface area contributed by atoms with Crippen LogP contribution in [0.15, 0.2) is 12.4 Å². The molecule has 1 aromatic rings. The molecule has 1 rings (SSSR count). The molecular formula is C11H16ClN3O2. The van der Waals surface area contributed by atoms with E-state index < -0.39 is 5.97 Å². The van der Waals surface area contributed by atoms with Crippen molar-refractivity contribution in [3.63, 3.8) is 0 Å². The summed E-state index contributed by atoms with van der Waals surface area (Å²) in [4.78, 5) is 18.7. The van der Waals surface area contributed by atoms with E-state index in [1.165, 1.54) is 12.4 Å². The topological polar surface area (TPSA) is 75.1 Å². The van der Waals surface area contributed by atoms with Crippen molar-refractivity contribution in [2.24, 2.45) is 5.41 Å². The second-order valence-corrected chi connectivity index (χ2v) is 5.28. The predicted molar refractivity (Wildman–Crippen MR) is 66.2 cm³/mol. The van der Waals surface area contributed by atoms with Gasteiger partial charge in [-0.2, -0.15) is 0 Å². The molecule has 17 heavy (non-hydrogen) atoms. The molecule has 1 heterocycles. The summed E-state index contributed by atoms with van der Waals surface area (Å²) in [6.07, 6.45) is 2.96. The first kappa shape index (κ1) is 13.7. The van der Waals surface area contributed by atoms with Gasteiger partial charge in [0, 0.05) is 6.04 Å². The molecule has 6 heteroatoms. The van der Waals surface area contributed by atoms with E-state index in [-0.39, 0.29) is 23.0 Å². The van der Waals surface area contributed by atoms with Gasteiger partial charge in [-0.25, -0.2) is 4.98 Å². The molecule has 1 aromatic heterocycles. The van der Waals surface area contributed by atoms with Crippen LogP contribution in [0.4, 0.5) is 5.82 Å². The highest BCUT2D eigenvalue weighted by Gasteiger charge is 2.27. The van der Waals surface area contributed by atoms with Crippen LogP contribution in [-0.2, 0) is 4.79 Å². The van der Waals surface area contributed by atoms with Gasteiger partial charge in [-0.15, -0.1) is 0 Å². The van der Waals surface area contributed by atoms with Gasteiger partial charge in [0.05, 0.1) is 18.8 Å². The van der Waals surface area contributed by atoms with E-state index in [9.17, 15) is 4.79 Å². The fraction of sp³-hybridized carbons (Fsp3) is 0.545. The van der Waals surface area contributed by atoms with Crippen molar-refractivity contribution in [2.75, 3.05) is 5.32 Å². The molecule has 0 aliphatic heterocycles. The van der Waals surface area contributed by atoms with Crippen molar-refractivity contribution >= 4 is 23.4 Å². The highest BCUT2D eigenvalue weighted by atomic mass is 35.5. The number of carboxylic acids is 1. The molecule has 0 amide bonds. The number of aromatic nitrogens is 2. The largest absolute Gasteiger partial charge is 0.481 e. The van der Waals surface area contributed by atoms with Crippen molar-refractivity contribution in [1.82, 2.24) is 9.97 Å². The van der Waals surface area contributed by atoms with Crippen LogP contribution in [-0.4, -0.2) is 27.1 Å². The first-order chi connectivity index (χ1) is 7.79. The van der Waals surface area contributed by atoms with E-state index in [0.717, 1.165) is 0 Å². The zero-order valence-electron chi connectivity index (χ0n) is 10.1. The number of carbonyl (C=O) groups is 1. The van der Waals surface area contributed by atoms with Crippen LogP contribution < -0.4 is 5.32 Å². The summed E-state index contributed by atoms with van der Waals surface area (Å²) < 4.78 is 0. The third-order valence-corrected chi connectivity index (χ3v) is 2.53. The van der Waals surface area contributed by atoms with Gasteiger partial charge in [0.25, 0.3) is 0 Å². The smallest absolute Gasteiger partial charge is 0.305 e. The van der Waals surface area contributed by atoms with Gasteiger partial charge in [0.15, 0.2) is 0 Å². The maximum absolute atomic E-state index is 10.8. The zero-order valence-corrected chi connectivity index (χ0v) is 10.8. The number of nitrogens with zero attached hydrogens (tertiary/aromatic N) is 2. The van der Waals surface area contributed by atoms with Gasteiger partial charge in [-0.3, -0.25) is 9.78 Å². The monoisotopic (exact) mass is 257 g/mol. The minimum atomic E-state index is -0.854. The number of rotatable bonds is 4. The van der Waals surface area contributed by atoms with Crippen molar-refractivity contribution in [2.45, 2.75) is 33.2 Å². The summed E-state index contributed by atoms with van der Waals surface area (Å²) in [7, 11) is 0. The third-order valence-electron chi connectivity index (χ3n) is 2.35. The molecule has 0 fully saturated rings. The molecule has 94 valence electrons. The lowest BCUT2D eigenvalue weighted by Gasteiger charge is -2.30. The van der Waals surface area contributed by atoms with Gasteiger partial charge in [0.1, 0.15) is 11.0 Å². The number of halogens is 1. The fourth-order valence-electron chi connectivity index (χ4n) is 1.34. The molecule has 1 atom stereocenters. The number of hydrogen-bond donors (Lipinski definition) is 2. The Bertz CT molecular complexity index is 404. The number of carboxylic acid groups (broad SMARTS) is 1. The lowest BCUT2D eigenvalue weighted by atomic mass is 9.85. The lowest BCUT2D eigenvalue weighted by molar-refractivity contribution is -0.137. The molecule has 0 spiro atoms. The third kappa shape index (κ3) is 4.56. The van der Waals surface area contributed by atoms with Gasteiger partial charge in [-0.1, -0.05) is 32.4 Å². The molecule has 1 unspecified atom stereocenters. The first-order valence-corrected chi connectivity index (χ1v) is 5.62. The summed E-state index contributed by atoms with van der Waals surface area (Å²) in [5.41, 5.74) is -0.206. The molecule has 0 radical (unpaired) electrons. The SMILES string of the molecule is CC(C)(C)C(CC(=O)O)Nc1cncc(Cl)n1. The van der Waals surface area contributed by atoms with E-state index >= 15 is 0 Å². The normalized spacial score (nSPS) is 13.2. The quantitative estimate of drug-likeness (QED) is 0.867. The van der Waals surface area contributed by atoms with E-state index in [1.54, 1.807) is 0 Å². The second-order valence-electron chi connectivity index (χ2n) is 4.89. The number of aliphatic carboxylic acids is 1. The Morgan fingerprint density at radius 2 is 2.18 bits per heavy atom. The number of nitrogens with one attached hydrogen (secondary N) is 1.